The van der Waals surface area contributed by atoms with E-state index in [2.05, 4.69) is 5.32 Å². The molecule has 0 aromatic heterocycles. The third-order valence-corrected chi connectivity index (χ3v) is 4.79. The number of benzene rings is 3. The van der Waals surface area contributed by atoms with Gasteiger partial charge in [-0.25, -0.2) is 8.78 Å². The van der Waals surface area contributed by atoms with Crippen molar-refractivity contribution in [2.45, 2.75) is 6.42 Å². The quantitative estimate of drug-likeness (QED) is 0.511. The number of anilines is 1. The summed E-state index contributed by atoms with van der Waals surface area (Å²) in [5.41, 5.74) is 0.839. The molecule has 2 amide bonds. The highest BCUT2D eigenvalue weighted by Crippen LogP contribution is 2.26. The molecule has 4 rings (SSSR count). The normalized spacial score (nSPS) is 13.9. The summed E-state index contributed by atoms with van der Waals surface area (Å²) in [6, 6.07) is 15.4. The van der Waals surface area contributed by atoms with Crippen molar-refractivity contribution in [2.75, 3.05) is 11.9 Å². The van der Waals surface area contributed by atoms with Crippen LogP contribution in [0.3, 0.4) is 0 Å². The topological polar surface area (TPSA) is 69.6 Å². The van der Waals surface area contributed by atoms with E-state index < -0.39 is 29.2 Å². The average Bonchev–Trinajstić information content (AvgIpc) is 2.97. The summed E-state index contributed by atoms with van der Waals surface area (Å²) >= 11 is 0. The molecule has 146 valence electrons. The van der Waals surface area contributed by atoms with Crippen LogP contribution in [0.2, 0.25) is 0 Å². The van der Waals surface area contributed by atoms with Crippen molar-refractivity contribution in [1.82, 2.24) is 4.90 Å². The summed E-state index contributed by atoms with van der Waals surface area (Å²) in [5, 5.41) is 13.8. The number of halogens is 2. The molecule has 0 saturated heterocycles. The van der Waals surface area contributed by atoms with Crippen LogP contribution in [-0.2, 0) is 16.0 Å². The second-order valence-corrected chi connectivity index (χ2v) is 6.65. The van der Waals surface area contributed by atoms with Crippen LogP contribution in [0.4, 0.5) is 14.5 Å². The van der Waals surface area contributed by atoms with Gasteiger partial charge in [-0.1, -0.05) is 42.5 Å². The van der Waals surface area contributed by atoms with E-state index in [9.17, 15) is 18.4 Å². The number of imide groups is 1. The Morgan fingerprint density at radius 2 is 1.66 bits per heavy atom. The molecular formula is C22H16F2N2O3. The van der Waals surface area contributed by atoms with E-state index in [4.69, 9.17) is 5.11 Å². The van der Waals surface area contributed by atoms with Gasteiger partial charge in [-0.05, 0) is 22.8 Å². The third kappa shape index (κ3) is 3.54. The van der Waals surface area contributed by atoms with Gasteiger partial charge in [0.25, 0.3) is 11.8 Å². The molecule has 1 heterocycles. The van der Waals surface area contributed by atoms with Crippen LogP contribution in [0.5, 0.6) is 5.75 Å². The highest BCUT2D eigenvalue weighted by atomic mass is 19.1. The van der Waals surface area contributed by atoms with Crippen LogP contribution in [0.25, 0.3) is 10.8 Å². The lowest BCUT2D eigenvalue weighted by Crippen LogP contribution is -2.34. The van der Waals surface area contributed by atoms with E-state index >= 15 is 0 Å². The molecular weight excluding hydrogens is 378 g/mol. The zero-order valence-corrected chi connectivity index (χ0v) is 15.2. The smallest absolute Gasteiger partial charge is 0.277 e. The second-order valence-electron chi connectivity index (χ2n) is 6.65. The van der Waals surface area contributed by atoms with E-state index in [0.29, 0.717) is 6.42 Å². The Bertz CT molecular complexity index is 1150. The maximum absolute atomic E-state index is 13.5. The number of amides is 2. The molecule has 0 aliphatic carbocycles. The van der Waals surface area contributed by atoms with E-state index in [-0.39, 0.29) is 17.9 Å². The van der Waals surface area contributed by atoms with Gasteiger partial charge in [0.05, 0.1) is 0 Å². The SMILES string of the molecule is O=C1C=C(Nc2cc(F)c(O)c(F)c2)C(=O)N1CCc1cccc2ccccc12. The monoisotopic (exact) mass is 394 g/mol. The van der Waals surface area contributed by atoms with Crippen molar-refractivity contribution in [3.05, 3.63) is 83.6 Å². The van der Waals surface area contributed by atoms with Gasteiger partial charge in [0.2, 0.25) is 0 Å². The fraction of sp³-hybridized carbons (Fsp3) is 0.0909. The van der Waals surface area contributed by atoms with Crippen LogP contribution in [-0.4, -0.2) is 28.4 Å². The Morgan fingerprint density at radius 3 is 2.41 bits per heavy atom. The van der Waals surface area contributed by atoms with Crippen molar-refractivity contribution in [1.29, 1.82) is 0 Å². The maximum Gasteiger partial charge on any atom is 0.277 e. The van der Waals surface area contributed by atoms with E-state index in [0.717, 1.165) is 39.4 Å². The summed E-state index contributed by atoms with van der Waals surface area (Å²) in [6.45, 7) is 0.172. The molecule has 3 aromatic carbocycles. The number of aromatic hydroxyl groups is 1. The van der Waals surface area contributed by atoms with E-state index in [1.54, 1.807) is 0 Å². The number of hydrogen-bond donors (Lipinski definition) is 2. The molecule has 1 aliphatic heterocycles. The summed E-state index contributed by atoms with van der Waals surface area (Å²) in [7, 11) is 0. The molecule has 0 atom stereocenters. The van der Waals surface area contributed by atoms with Crippen LogP contribution in [0, 0.1) is 11.6 Å². The van der Waals surface area contributed by atoms with Crippen molar-refractivity contribution in [3.8, 4) is 5.75 Å². The van der Waals surface area contributed by atoms with E-state index in [1.165, 1.54) is 0 Å². The van der Waals surface area contributed by atoms with Crippen molar-refractivity contribution >= 4 is 28.3 Å². The van der Waals surface area contributed by atoms with Gasteiger partial charge >= 0.3 is 0 Å². The van der Waals surface area contributed by atoms with Gasteiger partial charge in [-0.15, -0.1) is 0 Å². The first kappa shape index (κ1) is 18.6. The predicted molar refractivity (Wildman–Crippen MR) is 104 cm³/mol. The Balaban J connectivity index is 1.48. The number of fused-ring (bicyclic) bond motifs is 1. The Kier molecular flexibility index (Phi) is 4.72. The number of rotatable bonds is 5. The van der Waals surface area contributed by atoms with Gasteiger partial charge in [-0.3, -0.25) is 14.5 Å². The predicted octanol–water partition coefficient (Wildman–Crippen LogP) is 3.73. The zero-order chi connectivity index (χ0) is 20.5. The second kappa shape index (κ2) is 7.35. The number of hydrogen-bond acceptors (Lipinski definition) is 4. The maximum atomic E-state index is 13.5. The Morgan fingerprint density at radius 1 is 0.966 bits per heavy atom. The molecule has 7 heteroatoms. The molecule has 2 N–H and O–H groups in total. The fourth-order valence-electron chi connectivity index (χ4n) is 3.35. The number of phenols is 1. The van der Waals surface area contributed by atoms with Crippen molar-refractivity contribution in [3.63, 3.8) is 0 Å². The van der Waals surface area contributed by atoms with Crippen molar-refractivity contribution in [2.24, 2.45) is 0 Å². The summed E-state index contributed by atoms with van der Waals surface area (Å²) < 4.78 is 27.0. The molecule has 1 aliphatic rings. The lowest BCUT2D eigenvalue weighted by Gasteiger charge is -2.16. The highest BCUT2D eigenvalue weighted by molar-refractivity contribution is 6.17. The van der Waals surface area contributed by atoms with E-state index in [1.807, 2.05) is 42.5 Å². The third-order valence-electron chi connectivity index (χ3n) is 4.79. The van der Waals surface area contributed by atoms with Gasteiger partial charge < -0.3 is 10.4 Å². The minimum atomic E-state index is -1.17. The van der Waals surface area contributed by atoms with Crippen LogP contribution in [0.15, 0.2) is 66.4 Å². The minimum Gasteiger partial charge on any atom is -0.503 e. The molecule has 0 fully saturated rings. The summed E-state index contributed by atoms with van der Waals surface area (Å²) in [4.78, 5) is 25.9. The molecule has 29 heavy (non-hydrogen) atoms. The van der Waals surface area contributed by atoms with Crippen LogP contribution >= 0.6 is 0 Å². The molecule has 5 nitrogen and oxygen atoms in total. The Hall–Kier alpha value is -3.74. The van der Waals surface area contributed by atoms with Crippen LogP contribution in [0.1, 0.15) is 5.56 Å². The minimum absolute atomic E-state index is 0.0823. The first-order valence-electron chi connectivity index (χ1n) is 8.93. The van der Waals surface area contributed by atoms with Gasteiger partial charge in [0.15, 0.2) is 17.4 Å². The molecule has 3 aromatic rings. The lowest BCUT2D eigenvalue weighted by atomic mass is 10.0. The largest absolute Gasteiger partial charge is 0.503 e. The number of carbonyl (C=O) groups excluding carboxylic acids is 2. The van der Waals surface area contributed by atoms with Gasteiger partial charge in [-0.2, -0.15) is 0 Å². The number of nitrogens with zero attached hydrogens (tertiary/aromatic N) is 1. The van der Waals surface area contributed by atoms with Gasteiger partial charge in [0.1, 0.15) is 5.70 Å². The molecule has 0 spiro atoms. The van der Waals surface area contributed by atoms with Gasteiger partial charge in [0, 0.05) is 30.4 Å². The standard InChI is InChI=1S/C22H16F2N2O3/c23-17-10-15(11-18(24)21(17)28)25-19-12-20(27)26(22(19)29)9-8-14-6-3-5-13-4-1-2-7-16(13)14/h1-7,10-12,25,28H,8-9H2. The lowest BCUT2D eigenvalue weighted by molar-refractivity contribution is -0.137. The average molecular weight is 394 g/mol. The highest BCUT2D eigenvalue weighted by Gasteiger charge is 2.31. The van der Waals surface area contributed by atoms with Crippen LogP contribution < -0.4 is 5.32 Å². The molecule has 0 unspecified atom stereocenters. The number of carbonyl (C=O) groups is 2. The fourth-order valence-corrected chi connectivity index (χ4v) is 3.35. The molecule has 0 saturated carbocycles. The first-order chi connectivity index (χ1) is 13.9. The zero-order valence-electron chi connectivity index (χ0n) is 15.2. The number of nitrogens with one attached hydrogen (secondary N) is 1. The Labute approximate surface area is 164 Å². The summed E-state index contributed by atoms with van der Waals surface area (Å²) in [6.07, 6.45) is 1.57. The summed E-state index contributed by atoms with van der Waals surface area (Å²) in [5.74, 6) is -4.52. The molecule has 0 bridgehead atoms. The van der Waals surface area contributed by atoms with Crippen molar-refractivity contribution < 1.29 is 23.5 Å². The number of phenolic OH excluding ortho intramolecular Hbond substituents is 1. The first-order valence-corrected chi connectivity index (χ1v) is 8.93. The molecule has 0 radical (unpaired) electrons.